The van der Waals surface area contributed by atoms with Gasteiger partial charge in [0, 0.05) is 38.3 Å². The first kappa shape index (κ1) is 25.2. The van der Waals surface area contributed by atoms with E-state index in [0.717, 1.165) is 37.1 Å². The van der Waals surface area contributed by atoms with Crippen LogP contribution in [0.15, 0.2) is 30.3 Å². The fraction of sp³-hybridized carbons (Fsp3) is 0.500. The van der Waals surface area contributed by atoms with Gasteiger partial charge in [-0.3, -0.25) is 9.59 Å². The molecule has 198 valence electrons. The van der Waals surface area contributed by atoms with Crippen molar-refractivity contribution in [3.63, 3.8) is 0 Å². The maximum Gasteiger partial charge on any atom is 0.251 e. The fourth-order valence-corrected chi connectivity index (χ4v) is 5.40. The van der Waals surface area contributed by atoms with Crippen molar-refractivity contribution in [2.24, 2.45) is 5.92 Å². The Morgan fingerprint density at radius 3 is 2.54 bits per heavy atom. The summed E-state index contributed by atoms with van der Waals surface area (Å²) >= 11 is 0. The van der Waals surface area contributed by atoms with Crippen molar-refractivity contribution < 1.29 is 28.5 Å². The van der Waals surface area contributed by atoms with Crippen molar-refractivity contribution in [2.75, 3.05) is 60.2 Å². The second kappa shape index (κ2) is 11.3. The zero-order chi connectivity index (χ0) is 25.8. The van der Waals surface area contributed by atoms with Crippen LogP contribution >= 0.6 is 0 Å². The molecule has 3 aliphatic rings. The normalized spacial score (nSPS) is 19.1. The Hall–Kier alpha value is -3.46. The first-order valence-electron chi connectivity index (χ1n) is 13.0. The van der Waals surface area contributed by atoms with E-state index in [1.54, 1.807) is 32.4 Å². The van der Waals surface area contributed by atoms with Crippen LogP contribution in [0.1, 0.15) is 34.3 Å². The van der Waals surface area contributed by atoms with E-state index in [2.05, 4.69) is 10.2 Å². The quantitative estimate of drug-likeness (QED) is 0.614. The van der Waals surface area contributed by atoms with Gasteiger partial charge in [0.05, 0.1) is 20.1 Å². The van der Waals surface area contributed by atoms with Crippen LogP contribution < -0.4 is 24.3 Å². The third-order valence-electron chi connectivity index (χ3n) is 7.40. The maximum absolute atomic E-state index is 13.4. The third-order valence-corrected chi connectivity index (χ3v) is 7.40. The van der Waals surface area contributed by atoms with Crippen molar-refractivity contribution >= 4 is 11.8 Å². The summed E-state index contributed by atoms with van der Waals surface area (Å²) in [6.45, 7) is 5.19. The van der Waals surface area contributed by atoms with Gasteiger partial charge in [0.25, 0.3) is 5.91 Å². The van der Waals surface area contributed by atoms with E-state index in [4.69, 9.17) is 18.9 Å². The molecular formula is C28H35N3O6. The molecule has 9 heteroatoms. The summed E-state index contributed by atoms with van der Waals surface area (Å²) in [5.74, 6) is 2.75. The molecule has 1 saturated heterocycles. The predicted molar refractivity (Wildman–Crippen MR) is 138 cm³/mol. The summed E-state index contributed by atoms with van der Waals surface area (Å²) in [4.78, 5) is 30.3. The van der Waals surface area contributed by atoms with Crippen LogP contribution in [0.5, 0.6) is 23.0 Å². The monoisotopic (exact) mass is 509 g/mol. The molecule has 5 rings (SSSR count). The van der Waals surface area contributed by atoms with Gasteiger partial charge < -0.3 is 34.1 Å². The molecule has 2 aromatic rings. The number of fused-ring (bicyclic) bond motifs is 2. The predicted octanol–water partition coefficient (Wildman–Crippen LogP) is 2.50. The number of ether oxygens (including phenoxy) is 4. The molecule has 1 unspecified atom stereocenters. The number of nitrogens with zero attached hydrogens (tertiary/aromatic N) is 2. The number of amides is 2. The van der Waals surface area contributed by atoms with Gasteiger partial charge in [-0.15, -0.1) is 0 Å². The molecule has 2 amide bonds. The molecule has 9 nitrogen and oxygen atoms in total. The Morgan fingerprint density at radius 2 is 1.76 bits per heavy atom. The molecule has 2 aromatic carbocycles. The van der Waals surface area contributed by atoms with E-state index >= 15 is 0 Å². The van der Waals surface area contributed by atoms with Crippen molar-refractivity contribution in [1.29, 1.82) is 0 Å². The lowest BCUT2D eigenvalue weighted by atomic mass is 9.93. The van der Waals surface area contributed by atoms with Crippen LogP contribution in [0.25, 0.3) is 0 Å². The van der Waals surface area contributed by atoms with E-state index in [9.17, 15) is 9.59 Å². The number of hydrogen-bond donors (Lipinski definition) is 1. The van der Waals surface area contributed by atoms with Crippen LogP contribution in [-0.4, -0.2) is 81.8 Å². The number of methoxy groups -OCH3 is 2. The van der Waals surface area contributed by atoms with E-state index < -0.39 is 0 Å². The number of benzene rings is 2. The zero-order valence-electron chi connectivity index (χ0n) is 21.6. The lowest BCUT2D eigenvalue weighted by molar-refractivity contribution is -0.138. The van der Waals surface area contributed by atoms with Gasteiger partial charge >= 0.3 is 0 Å². The van der Waals surface area contributed by atoms with Crippen LogP contribution in [0.4, 0.5) is 0 Å². The largest absolute Gasteiger partial charge is 0.493 e. The topological polar surface area (TPSA) is 89.6 Å². The number of likely N-dealkylation sites (tertiary alicyclic amines) is 1. The Morgan fingerprint density at radius 1 is 1.00 bits per heavy atom. The van der Waals surface area contributed by atoms with E-state index in [0.29, 0.717) is 68.7 Å². The minimum atomic E-state index is -0.138. The van der Waals surface area contributed by atoms with Crippen molar-refractivity contribution in [3.05, 3.63) is 47.0 Å². The number of rotatable bonds is 7. The molecule has 3 aliphatic heterocycles. The van der Waals surface area contributed by atoms with Crippen molar-refractivity contribution in [1.82, 2.24) is 15.1 Å². The summed E-state index contributed by atoms with van der Waals surface area (Å²) in [7, 11) is 3.27. The molecule has 0 saturated carbocycles. The molecule has 0 aliphatic carbocycles. The van der Waals surface area contributed by atoms with Gasteiger partial charge in [-0.05, 0) is 67.3 Å². The molecule has 1 fully saturated rings. The lowest BCUT2D eigenvalue weighted by Crippen LogP contribution is -2.47. The number of nitrogens with one attached hydrogen (secondary N) is 1. The van der Waals surface area contributed by atoms with Crippen LogP contribution in [0.3, 0.4) is 0 Å². The molecule has 0 radical (unpaired) electrons. The van der Waals surface area contributed by atoms with Gasteiger partial charge in [-0.25, -0.2) is 0 Å². The highest BCUT2D eigenvalue weighted by molar-refractivity contribution is 5.94. The van der Waals surface area contributed by atoms with Crippen LogP contribution in [0.2, 0.25) is 0 Å². The van der Waals surface area contributed by atoms with E-state index in [1.165, 1.54) is 5.56 Å². The third kappa shape index (κ3) is 5.61. The summed E-state index contributed by atoms with van der Waals surface area (Å²) < 4.78 is 22.0. The molecule has 3 heterocycles. The average molecular weight is 510 g/mol. The van der Waals surface area contributed by atoms with Crippen molar-refractivity contribution in [3.8, 4) is 23.0 Å². The second-order valence-corrected chi connectivity index (χ2v) is 9.74. The van der Waals surface area contributed by atoms with Gasteiger partial charge in [0.15, 0.2) is 23.0 Å². The highest BCUT2D eigenvalue weighted by atomic mass is 16.6. The Balaban J connectivity index is 1.12. The zero-order valence-corrected chi connectivity index (χ0v) is 21.6. The minimum absolute atomic E-state index is 0.0241. The SMILES string of the molecule is COc1cc2c(cc1OC)CN(C(=O)C1CCCN(CCNC(=O)c3ccc4c(c3)OCCO4)C1)CC2. The summed E-state index contributed by atoms with van der Waals surface area (Å²) in [6.07, 6.45) is 2.68. The number of carbonyl (C=O) groups excluding carboxylic acids is 2. The van der Waals surface area contributed by atoms with Crippen LogP contribution in [-0.2, 0) is 17.8 Å². The molecule has 0 bridgehead atoms. The van der Waals surface area contributed by atoms with Crippen LogP contribution in [0, 0.1) is 5.92 Å². The smallest absolute Gasteiger partial charge is 0.251 e. The first-order chi connectivity index (χ1) is 18.1. The van der Waals surface area contributed by atoms with E-state index in [1.807, 2.05) is 17.0 Å². The molecule has 1 N–H and O–H groups in total. The minimum Gasteiger partial charge on any atom is -0.493 e. The first-order valence-corrected chi connectivity index (χ1v) is 13.0. The number of carbonyl (C=O) groups is 2. The standard InChI is InChI=1S/C28H35N3O6/c1-34-24-14-19-7-10-31(18-22(19)16-25(24)35-2)28(33)21-4-3-9-30(17-21)11-8-29-27(32)20-5-6-23-26(15-20)37-13-12-36-23/h5-6,14-16,21H,3-4,7-13,17-18H2,1-2H3,(H,29,32). The van der Waals surface area contributed by atoms with Gasteiger partial charge in [0.1, 0.15) is 13.2 Å². The Kier molecular flexibility index (Phi) is 7.69. The number of hydrogen-bond acceptors (Lipinski definition) is 7. The lowest BCUT2D eigenvalue weighted by Gasteiger charge is -2.37. The van der Waals surface area contributed by atoms with Gasteiger partial charge in [-0.1, -0.05) is 0 Å². The molecular weight excluding hydrogens is 474 g/mol. The summed E-state index contributed by atoms with van der Waals surface area (Å²) in [5, 5.41) is 3.00. The van der Waals surface area contributed by atoms with E-state index in [-0.39, 0.29) is 17.7 Å². The molecule has 0 aromatic heterocycles. The van der Waals surface area contributed by atoms with Crippen molar-refractivity contribution in [2.45, 2.75) is 25.8 Å². The average Bonchev–Trinajstić information content (AvgIpc) is 2.95. The highest BCUT2D eigenvalue weighted by Crippen LogP contribution is 2.34. The molecule has 37 heavy (non-hydrogen) atoms. The summed E-state index contributed by atoms with van der Waals surface area (Å²) in [5.41, 5.74) is 2.88. The fourth-order valence-electron chi connectivity index (χ4n) is 5.40. The maximum atomic E-state index is 13.4. The summed E-state index contributed by atoms with van der Waals surface area (Å²) in [6, 6.07) is 9.27. The second-order valence-electron chi connectivity index (χ2n) is 9.74. The molecule has 0 spiro atoms. The Bertz CT molecular complexity index is 1150. The molecule has 1 atom stereocenters. The Labute approximate surface area is 217 Å². The van der Waals surface area contributed by atoms with Gasteiger partial charge in [0.2, 0.25) is 5.91 Å². The van der Waals surface area contributed by atoms with Gasteiger partial charge in [-0.2, -0.15) is 0 Å². The highest BCUT2D eigenvalue weighted by Gasteiger charge is 2.31. The number of piperidine rings is 1.